The standard InChI is InChI=1S/C16H15BrOS/c1-10(9-18)11-2-4-15-12(6-11)7-13-8-14(17)3-5-16(13)19-15/h2-6,8,10,18H,7,9H2,1H3. The smallest absolute Gasteiger partial charge is 0.0497 e. The molecule has 0 spiro atoms. The van der Waals surface area contributed by atoms with Crippen molar-refractivity contribution in [1.82, 2.24) is 0 Å². The molecule has 1 aliphatic heterocycles. The maximum absolute atomic E-state index is 9.28. The molecule has 2 aromatic rings. The van der Waals surface area contributed by atoms with Crippen LogP contribution in [0.3, 0.4) is 0 Å². The Bertz CT molecular complexity index is 624. The van der Waals surface area contributed by atoms with Crippen LogP contribution in [0.4, 0.5) is 0 Å². The number of aliphatic hydroxyl groups is 1. The van der Waals surface area contributed by atoms with Crippen LogP contribution in [0.25, 0.3) is 0 Å². The molecule has 0 amide bonds. The van der Waals surface area contributed by atoms with Crippen LogP contribution in [0, 0.1) is 0 Å². The summed E-state index contributed by atoms with van der Waals surface area (Å²) >= 11 is 5.37. The van der Waals surface area contributed by atoms with Crippen molar-refractivity contribution in [3.8, 4) is 0 Å². The van der Waals surface area contributed by atoms with E-state index in [2.05, 4.69) is 59.3 Å². The molecule has 1 atom stereocenters. The largest absolute Gasteiger partial charge is 0.396 e. The van der Waals surface area contributed by atoms with Crippen molar-refractivity contribution in [1.29, 1.82) is 0 Å². The van der Waals surface area contributed by atoms with Gasteiger partial charge in [-0.1, -0.05) is 46.7 Å². The summed E-state index contributed by atoms with van der Waals surface area (Å²) in [6.07, 6.45) is 0.975. The molecule has 1 nitrogen and oxygen atoms in total. The van der Waals surface area contributed by atoms with Gasteiger partial charge in [-0.05, 0) is 47.4 Å². The van der Waals surface area contributed by atoms with E-state index >= 15 is 0 Å². The van der Waals surface area contributed by atoms with Gasteiger partial charge in [-0.15, -0.1) is 0 Å². The molecule has 0 aliphatic carbocycles. The van der Waals surface area contributed by atoms with E-state index in [0.29, 0.717) is 0 Å². The van der Waals surface area contributed by atoms with Gasteiger partial charge in [-0.2, -0.15) is 0 Å². The van der Waals surface area contributed by atoms with E-state index in [4.69, 9.17) is 0 Å². The Kier molecular flexibility index (Phi) is 3.70. The summed E-state index contributed by atoms with van der Waals surface area (Å²) in [5.41, 5.74) is 3.97. The molecule has 0 saturated heterocycles. The molecule has 19 heavy (non-hydrogen) atoms. The van der Waals surface area contributed by atoms with Crippen LogP contribution < -0.4 is 0 Å². The maximum Gasteiger partial charge on any atom is 0.0497 e. The van der Waals surface area contributed by atoms with Gasteiger partial charge in [-0.3, -0.25) is 0 Å². The van der Waals surface area contributed by atoms with Gasteiger partial charge in [-0.25, -0.2) is 0 Å². The van der Waals surface area contributed by atoms with Crippen molar-refractivity contribution < 1.29 is 5.11 Å². The molecule has 0 aromatic heterocycles. The first-order valence-corrected chi connectivity index (χ1v) is 7.98. The number of hydrogen-bond donors (Lipinski definition) is 1. The van der Waals surface area contributed by atoms with Gasteiger partial charge < -0.3 is 5.11 Å². The van der Waals surface area contributed by atoms with Crippen LogP contribution in [-0.2, 0) is 6.42 Å². The van der Waals surface area contributed by atoms with Crippen molar-refractivity contribution in [2.75, 3.05) is 6.61 Å². The molecule has 1 N–H and O–H groups in total. The summed E-state index contributed by atoms with van der Waals surface area (Å²) in [6, 6.07) is 13.0. The van der Waals surface area contributed by atoms with Crippen molar-refractivity contribution in [3.05, 3.63) is 57.6 Å². The number of benzene rings is 2. The van der Waals surface area contributed by atoms with Gasteiger partial charge in [0, 0.05) is 26.8 Å². The van der Waals surface area contributed by atoms with Crippen molar-refractivity contribution in [3.63, 3.8) is 0 Å². The fraction of sp³-hybridized carbons (Fsp3) is 0.250. The number of rotatable bonds is 2. The fourth-order valence-electron chi connectivity index (χ4n) is 2.36. The zero-order valence-electron chi connectivity index (χ0n) is 10.7. The van der Waals surface area contributed by atoms with Crippen molar-refractivity contribution in [2.45, 2.75) is 29.1 Å². The predicted molar refractivity (Wildman–Crippen MR) is 83.0 cm³/mol. The van der Waals surface area contributed by atoms with E-state index in [0.717, 1.165) is 10.9 Å². The second kappa shape index (κ2) is 5.31. The van der Waals surface area contributed by atoms with Gasteiger partial charge in [0.25, 0.3) is 0 Å². The van der Waals surface area contributed by atoms with E-state index in [1.807, 2.05) is 11.8 Å². The average Bonchev–Trinajstić information content (AvgIpc) is 2.43. The van der Waals surface area contributed by atoms with Crippen LogP contribution in [0.5, 0.6) is 0 Å². The third-order valence-corrected chi connectivity index (χ3v) is 5.28. The quantitative estimate of drug-likeness (QED) is 0.739. The highest BCUT2D eigenvalue weighted by Gasteiger charge is 2.17. The molecule has 0 fully saturated rings. The van der Waals surface area contributed by atoms with Gasteiger partial charge >= 0.3 is 0 Å². The highest BCUT2D eigenvalue weighted by atomic mass is 79.9. The van der Waals surface area contributed by atoms with Crippen LogP contribution in [0.1, 0.15) is 29.5 Å². The van der Waals surface area contributed by atoms with Crippen molar-refractivity contribution in [2.24, 2.45) is 0 Å². The summed E-state index contributed by atoms with van der Waals surface area (Å²) in [7, 11) is 0. The maximum atomic E-state index is 9.28. The summed E-state index contributed by atoms with van der Waals surface area (Å²) in [5.74, 6) is 0.208. The number of hydrogen-bond acceptors (Lipinski definition) is 2. The Balaban J connectivity index is 1.98. The Morgan fingerprint density at radius 2 is 1.84 bits per heavy atom. The topological polar surface area (TPSA) is 20.2 Å². The molecule has 98 valence electrons. The predicted octanol–water partition coefficient (Wildman–Crippen LogP) is 4.60. The third kappa shape index (κ3) is 2.60. The minimum atomic E-state index is 0.202. The Hall–Kier alpha value is -0.770. The summed E-state index contributed by atoms with van der Waals surface area (Å²) < 4.78 is 1.13. The lowest BCUT2D eigenvalue weighted by molar-refractivity contribution is 0.273. The summed E-state index contributed by atoms with van der Waals surface area (Å²) in [4.78, 5) is 2.68. The first-order valence-electron chi connectivity index (χ1n) is 6.37. The van der Waals surface area contributed by atoms with Gasteiger partial charge in [0.1, 0.15) is 0 Å². The molecular formula is C16H15BrOS. The number of halogens is 1. The van der Waals surface area contributed by atoms with Crippen LogP contribution in [0.2, 0.25) is 0 Å². The van der Waals surface area contributed by atoms with Crippen LogP contribution >= 0.6 is 27.7 Å². The first-order chi connectivity index (χ1) is 9.17. The second-order valence-corrected chi connectivity index (χ2v) is 6.98. The molecule has 3 heteroatoms. The zero-order chi connectivity index (χ0) is 13.4. The first kappa shape index (κ1) is 13.2. The fourth-order valence-corrected chi connectivity index (χ4v) is 3.80. The molecule has 0 saturated carbocycles. The molecule has 2 aromatic carbocycles. The minimum Gasteiger partial charge on any atom is -0.396 e. The monoisotopic (exact) mass is 334 g/mol. The third-order valence-electron chi connectivity index (χ3n) is 3.55. The van der Waals surface area contributed by atoms with Gasteiger partial charge in [0.2, 0.25) is 0 Å². The number of fused-ring (bicyclic) bond motifs is 2. The molecule has 1 unspecified atom stereocenters. The molecule has 0 radical (unpaired) electrons. The Morgan fingerprint density at radius 1 is 1.16 bits per heavy atom. The highest BCUT2D eigenvalue weighted by Crippen LogP contribution is 2.41. The van der Waals surface area contributed by atoms with Crippen molar-refractivity contribution >= 4 is 27.7 Å². The van der Waals surface area contributed by atoms with Gasteiger partial charge in [0.15, 0.2) is 0 Å². The number of aliphatic hydroxyl groups excluding tert-OH is 1. The van der Waals surface area contributed by atoms with Crippen LogP contribution in [-0.4, -0.2) is 11.7 Å². The summed E-state index contributed by atoms with van der Waals surface area (Å²) in [6.45, 7) is 2.26. The van der Waals surface area contributed by atoms with Crippen LogP contribution in [0.15, 0.2) is 50.7 Å². The molecule has 1 aliphatic rings. The average molecular weight is 335 g/mol. The lowest BCUT2D eigenvalue weighted by Gasteiger charge is -2.21. The molecule has 3 rings (SSSR count). The lowest BCUT2D eigenvalue weighted by atomic mass is 9.96. The highest BCUT2D eigenvalue weighted by molar-refractivity contribution is 9.10. The lowest BCUT2D eigenvalue weighted by Crippen LogP contribution is -2.04. The van der Waals surface area contributed by atoms with E-state index in [-0.39, 0.29) is 12.5 Å². The summed E-state index contributed by atoms with van der Waals surface area (Å²) in [5, 5.41) is 9.28. The molecule has 1 heterocycles. The Morgan fingerprint density at radius 3 is 2.58 bits per heavy atom. The van der Waals surface area contributed by atoms with E-state index in [9.17, 15) is 5.11 Å². The van der Waals surface area contributed by atoms with E-state index in [1.54, 1.807) is 0 Å². The second-order valence-electron chi connectivity index (χ2n) is 4.98. The van der Waals surface area contributed by atoms with E-state index in [1.165, 1.54) is 26.5 Å². The van der Waals surface area contributed by atoms with E-state index < -0.39 is 0 Å². The van der Waals surface area contributed by atoms with Gasteiger partial charge in [0.05, 0.1) is 0 Å². The normalized spacial score (nSPS) is 14.7. The molecular weight excluding hydrogens is 320 g/mol. The zero-order valence-corrected chi connectivity index (χ0v) is 13.1. The SMILES string of the molecule is CC(CO)c1ccc2c(c1)Cc1cc(Br)ccc1S2. The minimum absolute atomic E-state index is 0.202. The molecule has 0 bridgehead atoms. The Labute approximate surface area is 126 Å².